The van der Waals surface area contributed by atoms with E-state index in [0.29, 0.717) is 0 Å². The SMILES string of the molecule is Brc1nnn2c(-c3ccccc3)cc3ccccc3c12. The fourth-order valence-electron chi connectivity index (χ4n) is 2.52. The Morgan fingerprint density at radius 1 is 0.900 bits per heavy atom. The van der Waals surface area contributed by atoms with Gasteiger partial charge in [-0.1, -0.05) is 59.8 Å². The molecular formula is C16H10BrN3. The van der Waals surface area contributed by atoms with Crippen LogP contribution in [0.5, 0.6) is 0 Å². The molecule has 0 aliphatic heterocycles. The van der Waals surface area contributed by atoms with E-state index in [9.17, 15) is 0 Å². The van der Waals surface area contributed by atoms with Crippen molar-refractivity contribution in [3.05, 3.63) is 65.3 Å². The van der Waals surface area contributed by atoms with Crippen molar-refractivity contribution >= 4 is 32.2 Å². The molecule has 0 aliphatic carbocycles. The molecule has 0 amide bonds. The van der Waals surface area contributed by atoms with E-state index in [1.807, 2.05) is 34.8 Å². The van der Waals surface area contributed by atoms with Gasteiger partial charge in [-0.2, -0.15) is 0 Å². The molecule has 0 saturated heterocycles. The van der Waals surface area contributed by atoms with Gasteiger partial charge in [-0.3, -0.25) is 0 Å². The maximum absolute atomic E-state index is 4.26. The molecule has 0 bridgehead atoms. The number of rotatable bonds is 1. The first-order valence-electron chi connectivity index (χ1n) is 6.33. The molecule has 2 heterocycles. The van der Waals surface area contributed by atoms with E-state index in [0.717, 1.165) is 26.8 Å². The summed E-state index contributed by atoms with van der Waals surface area (Å²) in [7, 11) is 0. The summed E-state index contributed by atoms with van der Waals surface area (Å²) >= 11 is 3.50. The molecule has 20 heavy (non-hydrogen) atoms. The van der Waals surface area contributed by atoms with E-state index >= 15 is 0 Å². The zero-order chi connectivity index (χ0) is 13.5. The highest BCUT2D eigenvalue weighted by atomic mass is 79.9. The fourth-order valence-corrected chi connectivity index (χ4v) is 2.97. The highest BCUT2D eigenvalue weighted by Gasteiger charge is 2.12. The highest BCUT2D eigenvalue weighted by Crippen LogP contribution is 2.30. The summed E-state index contributed by atoms with van der Waals surface area (Å²) in [5, 5.41) is 10.8. The van der Waals surface area contributed by atoms with Crippen molar-refractivity contribution in [2.75, 3.05) is 0 Å². The molecule has 96 valence electrons. The first-order chi connectivity index (χ1) is 9.84. The van der Waals surface area contributed by atoms with Crippen molar-refractivity contribution in [2.24, 2.45) is 0 Å². The number of benzene rings is 2. The summed E-state index contributed by atoms with van der Waals surface area (Å²) in [5.74, 6) is 0. The lowest BCUT2D eigenvalue weighted by atomic mass is 10.1. The Morgan fingerprint density at radius 3 is 2.50 bits per heavy atom. The van der Waals surface area contributed by atoms with Gasteiger partial charge in [0.25, 0.3) is 0 Å². The maximum atomic E-state index is 4.26. The van der Waals surface area contributed by atoms with Gasteiger partial charge in [0.1, 0.15) is 5.52 Å². The second kappa shape index (κ2) is 4.42. The first-order valence-corrected chi connectivity index (χ1v) is 7.12. The van der Waals surface area contributed by atoms with E-state index in [2.05, 4.69) is 56.6 Å². The Bertz CT molecular complexity index is 913. The Morgan fingerprint density at radius 2 is 1.65 bits per heavy atom. The predicted molar refractivity (Wildman–Crippen MR) is 83.6 cm³/mol. The fraction of sp³-hybridized carbons (Fsp3) is 0. The van der Waals surface area contributed by atoms with Crippen molar-refractivity contribution in [1.82, 2.24) is 14.8 Å². The molecular weight excluding hydrogens is 314 g/mol. The summed E-state index contributed by atoms with van der Waals surface area (Å²) in [5.41, 5.74) is 3.17. The zero-order valence-electron chi connectivity index (χ0n) is 10.5. The van der Waals surface area contributed by atoms with E-state index in [4.69, 9.17) is 0 Å². The van der Waals surface area contributed by atoms with Crippen LogP contribution in [-0.4, -0.2) is 14.8 Å². The first kappa shape index (κ1) is 11.6. The number of nitrogens with zero attached hydrogens (tertiary/aromatic N) is 3. The second-order valence-electron chi connectivity index (χ2n) is 4.62. The third-order valence-corrected chi connectivity index (χ3v) is 3.97. The second-order valence-corrected chi connectivity index (χ2v) is 5.37. The highest BCUT2D eigenvalue weighted by molar-refractivity contribution is 9.10. The summed E-state index contributed by atoms with van der Waals surface area (Å²) in [6.45, 7) is 0. The molecule has 0 atom stereocenters. The Labute approximate surface area is 124 Å². The van der Waals surface area contributed by atoms with Crippen LogP contribution in [0.15, 0.2) is 65.3 Å². The molecule has 4 rings (SSSR count). The molecule has 4 aromatic rings. The molecule has 0 spiro atoms. The Balaban J connectivity index is 2.20. The van der Waals surface area contributed by atoms with Crippen LogP contribution in [0.2, 0.25) is 0 Å². The molecule has 0 aliphatic rings. The van der Waals surface area contributed by atoms with Crippen LogP contribution in [0.1, 0.15) is 0 Å². The van der Waals surface area contributed by atoms with Crippen LogP contribution in [0.3, 0.4) is 0 Å². The van der Waals surface area contributed by atoms with Gasteiger partial charge >= 0.3 is 0 Å². The minimum absolute atomic E-state index is 0.770. The molecule has 2 aromatic heterocycles. The molecule has 0 fully saturated rings. The van der Waals surface area contributed by atoms with Gasteiger partial charge in [0, 0.05) is 10.9 Å². The Hall–Kier alpha value is -2.20. The maximum Gasteiger partial charge on any atom is 0.156 e. The summed E-state index contributed by atoms with van der Waals surface area (Å²) in [4.78, 5) is 0. The molecule has 0 radical (unpaired) electrons. The number of hydrogen-bond acceptors (Lipinski definition) is 2. The standard InChI is InChI=1S/C16H10BrN3/c17-16-15-13-9-5-4-8-12(13)10-14(20(15)19-18-16)11-6-2-1-3-7-11/h1-10H. The van der Waals surface area contributed by atoms with E-state index in [1.54, 1.807) is 0 Å². The molecule has 2 aromatic carbocycles. The van der Waals surface area contributed by atoms with Crippen LogP contribution >= 0.6 is 15.9 Å². The number of hydrogen-bond donors (Lipinski definition) is 0. The predicted octanol–water partition coefficient (Wildman–Crippen LogP) is 4.31. The van der Waals surface area contributed by atoms with Gasteiger partial charge in [-0.15, -0.1) is 5.10 Å². The minimum Gasteiger partial charge on any atom is -0.211 e. The summed E-state index contributed by atoms with van der Waals surface area (Å²) in [6.07, 6.45) is 0. The average molecular weight is 324 g/mol. The van der Waals surface area contributed by atoms with Crippen LogP contribution in [0, 0.1) is 0 Å². The third-order valence-electron chi connectivity index (χ3n) is 3.44. The monoisotopic (exact) mass is 323 g/mol. The number of aromatic nitrogens is 3. The molecule has 4 heteroatoms. The van der Waals surface area contributed by atoms with Gasteiger partial charge in [-0.25, -0.2) is 4.52 Å². The van der Waals surface area contributed by atoms with Crippen molar-refractivity contribution in [3.8, 4) is 11.3 Å². The largest absolute Gasteiger partial charge is 0.211 e. The van der Waals surface area contributed by atoms with Crippen molar-refractivity contribution in [2.45, 2.75) is 0 Å². The Kier molecular flexibility index (Phi) is 2.57. The number of halogens is 1. The van der Waals surface area contributed by atoms with Crippen molar-refractivity contribution < 1.29 is 0 Å². The third kappa shape index (κ3) is 1.65. The summed E-state index contributed by atoms with van der Waals surface area (Å²) < 4.78 is 2.66. The van der Waals surface area contributed by atoms with Crippen molar-refractivity contribution in [3.63, 3.8) is 0 Å². The lowest BCUT2D eigenvalue weighted by Gasteiger charge is -2.08. The van der Waals surface area contributed by atoms with Gasteiger partial charge in [0.15, 0.2) is 4.60 Å². The number of fused-ring (bicyclic) bond motifs is 3. The lowest BCUT2D eigenvalue weighted by Crippen LogP contribution is -1.95. The minimum atomic E-state index is 0.770. The molecule has 0 saturated carbocycles. The normalized spacial score (nSPS) is 11.2. The van der Waals surface area contributed by atoms with Crippen LogP contribution in [0.25, 0.3) is 27.5 Å². The van der Waals surface area contributed by atoms with Crippen LogP contribution in [0.4, 0.5) is 0 Å². The van der Waals surface area contributed by atoms with Gasteiger partial charge in [-0.05, 0) is 27.4 Å². The van der Waals surface area contributed by atoms with Crippen LogP contribution in [-0.2, 0) is 0 Å². The molecule has 0 unspecified atom stereocenters. The average Bonchev–Trinajstić information content (AvgIpc) is 2.90. The van der Waals surface area contributed by atoms with Crippen LogP contribution < -0.4 is 0 Å². The lowest BCUT2D eigenvalue weighted by molar-refractivity contribution is 0.860. The smallest absolute Gasteiger partial charge is 0.156 e. The van der Waals surface area contributed by atoms with Gasteiger partial charge < -0.3 is 0 Å². The number of pyridine rings is 1. The topological polar surface area (TPSA) is 30.2 Å². The molecule has 0 N–H and O–H groups in total. The van der Waals surface area contributed by atoms with E-state index < -0.39 is 0 Å². The van der Waals surface area contributed by atoms with E-state index in [-0.39, 0.29) is 0 Å². The molecule has 3 nitrogen and oxygen atoms in total. The van der Waals surface area contributed by atoms with Gasteiger partial charge in [0.05, 0.1) is 5.69 Å². The van der Waals surface area contributed by atoms with Gasteiger partial charge in [0.2, 0.25) is 0 Å². The quantitative estimate of drug-likeness (QED) is 0.522. The van der Waals surface area contributed by atoms with Crippen molar-refractivity contribution in [1.29, 1.82) is 0 Å². The van der Waals surface area contributed by atoms with E-state index in [1.165, 1.54) is 5.39 Å². The summed E-state index contributed by atoms with van der Waals surface area (Å²) in [6, 6.07) is 20.7. The zero-order valence-corrected chi connectivity index (χ0v) is 12.1.